The van der Waals surface area contributed by atoms with E-state index in [1.54, 1.807) is 18.2 Å². The normalized spacial score (nSPS) is 13.5. The highest BCUT2D eigenvalue weighted by Crippen LogP contribution is 2.19. The largest absolute Gasteiger partial charge is 0.480 e. The Morgan fingerprint density at radius 2 is 2.05 bits per heavy atom. The third-order valence-electron chi connectivity index (χ3n) is 3.67. The summed E-state index contributed by atoms with van der Waals surface area (Å²) >= 11 is 0. The van der Waals surface area contributed by atoms with E-state index in [1.807, 2.05) is 13.8 Å². The molecule has 1 aromatic carbocycles. The maximum absolute atomic E-state index is 11.2. The second-order valence-electron chi connectivity index (χ2n) is 5.53. The highest BCUT2D eigenvalue weighted by atomic mass is 16.6. The first-order valence-corrected chi connectivity index (χ1v) is 7.66. The van der Waals surface area contributed by atoms with Gasteiger partial charge in [0, 0.05) is 17.7 Å². The Kier molecular flexibility index (Phi) is 7.52. The van der Waals surface area contributed by atoms with E-state index in [1.165, 1.54) is 6.07 Å². The Hall–Kier alpha value is -1.95. The molecule has 0 amide bonds. The quantitative estimate of drug-likeness (QED) is 0.511. The molecule has 0 fully saturated rings. The number of nitrogens with one attached hydrogen (secondary N) is 1. The van der Waals surface area contributed by atoms with Crippen LogP contribution < -0.4 is 5.32 Å². The van der Waals surface area contributed by atoms with Crippen molar-refractivity contribution < 1.29 is 14.8 Å². The average Bonchev–Trinajstić information content (AvgIpc) is 2.49. The van der Waals surface area contributed by atoms with E-state index in [4.69, 9.17) is 0 Å². The smallest absolute Gasteiger partial charge is 0.320 e. The Morgan fingerprint density at radius 1 is 1.36 bits per heavy atom. The molecule has 2 atom stereocenters. The van der Waals surface area contributed by atoms with Crippen LogP contribution in [-0.4, -0.2) is 28.1 Å². The number of aliphatic carboxylic acids is 1. The molecule has 6 nitrogen and oxygen atoms in total. The van der Waals surface area contributed by atoms with Crippen LogP contribution >= 0.6 is 0 Å². The van der Waals surface area contributed by atoms with Gasteiger partial charge >= 0.3 is 5.97 Å². The van der Waals surface area contributed by atoms with Gasteiger partial charge in [0.2, 0.25) is 0 Å². The van der Waals surface area contributed by atoms with Crippen molar-refractivity contribution in [1.29, 1.82) is 0 Å². The zero-order valence-corrected chi connectivity index (χ0v) is 13.1. The molecular formula is C16H24N2O4. The number of carboxylic acid groups (broad SMARTS) is 1. The van der Waals surface area contributed by atoms with Crippen LogP contribution in [0.4, 0.5) is 5.69 Å². The molecule has 0 aliphatic rings. The van der Waals surface area contributed by atoms with Crippen molar-refractivity contribution in [3.8, 4) is 0 Å². The Labute approximate surface area is 130 Å². The fourth-order valence-corrected chi connectivity index (χ4v) is 2.39. The van der Waals surface area contributed by atoms with Crippen molar-refractivity contribution in [1.82, 2.24) is 5.32 Å². The fourth-order valence-electron chi connectivity index (χ4n) is 2.39. The first-order valence-electron chi connectivity index (χ1n) is 7.66. The summed E-state index contributed by atoms with van der Waals surface area (Å²) in [4.78, 5) is 21.8. The summed E-state index contributed by atoms with van der Waals surface area (Å²) in [5.41, 5.74) is 0.803. The number of benzene rings is 1. The van der Waals surface area contributed by atoms with Gasteiger partial charge in [0.1, 0.15) is 6.04 Å². The van der Waals surface area contributed by atoms with Gasteiger partial charge in [-0.25, -0.2) is 0 Å². The van der Waals surface area contributed by atoms with Crippen LogP contribution in [0.1, 0.15) is 45.1 Å². The molecule has 1 unspecified atom stereocenters. The number of hydrogen-bond acceptors (Lipinski definition) is 4. The van der Waals surface area contributed by atoms with Crippen molar-refractivity contribution in [3.05, 3.63) is 39.9 Å². The number of carbonyl (C=O) groups is 1. The minimum atomic E-state index is -0.842. The highest BCUT2D eigenvalue weighted by Gasteiger charge is 2.19. The topological polar surface area (TPSA) is 92.5 Å². The zero-order valence-electron chi connectivity index (χ0n) is 13.1. The lowest BCUT2D eigenvalue weighted by Crippen LogP contribution is -2.42. The predicted molar refractivity (Wildman–Crippen MR) is 85.0 cm³/mol. The molecule has 0 bridgehead atoms. The van der Waals surface area contributed by atoms with Crippen LogP contribution in [0.5, 0.6) is 0 Å². The molecule has 0 saturated carbocycles. The molecule has 0 spiro atoms. The molecule has 0 saturated heterocycles. The van der Waals surface area contributed by atoms with Crippen LogP contribution in [0.2, 0.25) is 0 Å². The van der Waals surface area contributed by atoms with E-state index in [-0.39, 0.29) is 16.7 Å². The predicted octanol–water partition coefficient (Wildman–Crippen LogP) is 3.15. The van der Waals surface area contributed by atoms with Gasteiger partial charge in [0.05, 0.1) is 4.92 Å². The monoisotopic (exact) mass is 308 g/mol. The van der Waals surface area contributed by atoms with E-state index >= 15 is 0 Å². The molecule has 122 valence electrons. The lowest BCUT2D eigenvalue weighted by Gasteiger charge is -2.20. The first-order chi connectivity index (χ1) is 10.5. The maximum atomic E-state index is 11.2. The molecule has 0 aromatic heterocycles. The Balaban J connectivity index is 2.56. The summed E-state index contributed by atoms with van der Waals surface area (Å²) in [5, 5.41) is 23.3. The van der Waals surface area contributed by atoms with E-state index < -0.39 is 12.0 Å². The van der Waals surface area contributed by atoms with Crippen LogP contribution in [0.25, 0.3) is 0 Å². The van der Waals surface area contributed by atoms with E-state index in [0.717, 1.165) is 12.8 Å². The standard InChI is InChI=1S/C16H24N2O4/c1-3-4-8-14(16(19)20)17-12(2)10-11-13-7-5-6-9-15(13)18(21)22/h5-7,9,12,14,17H,3-4,8,10-11H2,1-2H3,(H,19,20)/t12?,14-/m0/s1. The summed E-state index contributed by atoms with van der Waals surface area (Å²) in [5.74, 6) is -0.842. The number of unbranched alkanes of at least 4 members (excludes halogenated alkanes) is 1. The maximum Gasteiger partial charge on any atom is 0.320 e. The van der Waals surface area contributed by atoms with Crippen LogP contribution in [0, 0.1) is 10.1 Å². The second-order valence-corrected chi connectivity index (χ2v) is 5.53. The number of carboxylic acids is 1. The van der Waals surface area contributed by atoms with Crippen molar-refractivity contribution in [3.63, 3.8) is 0 Å². The van der Waals surface area contributed by atoms with Crippen molar-refractivity contribution in [2.75, 3.05) is 0 Å². The van der Waals surface area contributed by atoms with E-state index in [2.05, 4.69) is 5.32 Å². The number of rotatable bonds is 10. The van der Waals surface area contributed by atoms with Gasteiger partial charge in [-0.05, 0) is 26.2 Å². The summed E-state index contributed by atoms with van der Waals surface area (Å²) in [6.07, 6.45) is 3.62. The first kappa shape index (κ1) is 18.1. The average molecular weight is 308 g/mol. The lowest BCUT2D eigenvalue weighted by atomic mass is 10.0. The van der Waals surface area contributed by atoms with Gasteiger partial charge in [0.25, 0.3) is 5.69 Å². The summed E-state index contributed by atoms with van der Waals surface area (Å²) in [6.45, 7) is 3.94. The molecule has 1 rings (SSSR count). The van der Waals surface area contributed by atoms with Gasteiger partial charge in [0.15, 0.2) is 0 Å². The number of nitro benzene ring substituents is 1. The zero-order chi connectivity index (χ0) is 16.5. The van der Waals surface area contributed by atoms with Crippen LogP contribution in [0.3, 0.4) is 0 Å². The SMILES string of the molecule is CCCC[C@H](NC(C)CCc1ccccc1[N+](=O)[O-])C(=O)O. The summed E-state index contributed by atoms with van der Waals surface area (Å²) in [6, 6.07) is 6.10. The molecule has 1 aromatic rings. The summed E-state index contributed by atoms with van der Waals surface area (Å²) in [7, 11) is 0. The number of para-hydroxylation sites is 1. The van der Waals surface area contributed by atoms with Crippen molar-refractivity contribution in [2.45, 2.75) is 58.0 Å². The summed E-state index contributed by atoms with van der Waals surface area (Å²) < 4.78 is 0. The van der Waals surface area contributed by atoms with Gasteiger partial charge in [-0.2, -0.15) is 0 Å². The van der Waals surface area contributed by atoms with Gasteiger partial charge in [-0.1, -0.05) is 38.0 Å². The van der Waals surface area contributed by atoms with Crippen molar-refractivity contribution >= 4 is 11.7 Å². The Morgan fingerprint density at radius 3 is 2.64 bits per heavy atom. The number of aryl methyl sites for hydroxylation is 1. The molecule has 0 aliphatic heterocycles. The second kappa shape index (κ2) is 9.15. The third kappa shape index (κ3) is 5.81. The molecule has 0 radical (unpaired) electrons. The van der Waals surface area contributed by atoms with Crippen LogP contribution in [0.15, 0.2) is 24.3 Å². The molecular weight excluding hydrogens is 284 g/mol. The van der Waals surface area contributed by atoms with Crippen molar-refractivity contribution in [2.24, 2.45) is 0 Å². The minimum Gasteiger partial charge on any atom is -0.480 e. The number of nitrogens with zero attached hydrogens (tertiary/aromatic N) is 1. The number of hydrogen-bond donors (Lipinski definition) is 2. The molecule has 2 N–H and O–H groups in total. The van der Waals surface area contributed by atoms with Gasteiger partial charge < -0.3 is 10.4 Å². The van der Waals surface area contributed by atoms with Gasteiger partial charge in [-0.3, -0.25) is 14.9 Å². The highest BCUT2D eigenvalue weighted by molar-refractivity contribution is 5.73. The molecule has 22 heavy (non-hydrogen) atoms. The minimum absolute atomic E-state index is 0.0160. The lowest BCUT2D eigenvalue weighted by molar-refractivity contribution is -0.385. The molecule has 6 heteroatoms. The molecule has 0 aliphatic carbocycles. The molecule has 0 heterocycles. The Bertz CT molecular complexity index is 505. The number of nitro groups is 1. The van der Waals surface area contributed by atoms with E-state index in [0.29, 0.717) is 24.8 Å². The third-order valence-corrected chi connectivity index (χ3v) is 3.67. The fraction of sp³-hybridized carbons (Fsp3) is 0.562. The van der Waals surface area contributed by atoms with Crippen LogP contribution in [-0.2, 0) is 11.2 Å². The van der Waals surface area contributed by atoms with E-state index in [9.17, 15) is 20.0 Å². The van der Waals surface area contributed by atoms with Gasteiger partial charge in [-0.15, -0.1) is 0 Å².